The number of aliphatic hydroxyl groups is 1. The lowest BCUT2D eigenvalue weighted by atomic mass is 9.96. The van der Waals surface area contributed by atoms with Gasteiger partial charge in [0.25, 0.3) is 0 Å². The number of amides is 1. The summed E-state index contributed by atoms with van der Waals surface area (Å²) in [7, 11) is -3.83. The van der Waals surface area contributed by atoms with Crippen LogP contribution in [-0.4, -0.2) is 85.8 Å². The average molecular weight is 467 g/mol. The van der Waals surface area contributed by atoms with Crippen molar-refractivity contribution in [3.05, 3.63) is 29.8 Å². The summed E-state index contributed by atoms with van der Waals surface area (Å²) in [5.41, 5.74) is 0.665. The second-order valence-corrected chi connectivity index (χ2v) is 11.0. The van der Waals surface area contributed by atoms with E-state index in [9.17, 15) is 18.3 Å². The van der Waals surface area contributed by atoms with Gasteiger partial charge in [0.2, 0.25) is 15.9 Å². The predicted molar refractivity (Wildman–Crippen MR) is 119 cm³/mol. The number of aryl methyl sites for hydroxylation is 1. The maximum absolute atomic E-state index is 13.6. The van der Waals surface area contributed by atoms with Crippen LogP contribution in [0, 0.1) is 6.92 Å². The van der Waals surface area contributed by atoms with Crippen molar-refractivity contribution in [1.82, 2.24) is 9.21 Å². The van der Waals surface area contributed by atoms with Crippen LogP contribution in [-0.2, 0) is 24.3 Å². The molecule has 3 aliphatic rings. The number of piperidine rings is 1. The standard InChI is InChI=1S/C23H34N2O6S/c1-17-7-3-4-8-22(17)32(28,29)25-14-18(26)15-30-16-21-20(25)10-9-19(31-21)13-23(27)24-11-5-2-6-12-24/h3-4,7-8,18-21,26H,2,5-6,9-16H2,1H3/t18-,19-,20-,21+/m1/s1. The molecule has 3 heterocycles. The largest absolute Gasteiger partial charge is 0.389 e. The highest BCUT2D eigenvalue weighted by Crippen LogP contribution is 2.32. The molecule has 0 saturated carbocycles. The molecule has 1 aromatic carbocycles. The van der Waals surface area contributed by atoms with Crippen LogP contribution >= 0.6 is 0 Å². The molecule has 0 unspecified atom stereocenters. The minimum absolute atomic E-state index is 0.0431. The van der Waals surface area contributed by atoms with Crippen LogP contribution in [0.25, 0.3) is 0 Å². The highest BCUT2D eigenvalue weighted by Gasteiger charge is 2.43. The van der Waals surface area contributed by atoms with Gasteiger partial charge in [-0.25, -0.2) is 8.42 Å². The van der Waals surface area contributed by atoms with Gasteiger partial charge >= 0.3 is 0 Å². The first-order valence-electron chi connectivity index (χ1n) is 11.6. The van der Waals surface area contributed by atoms with Crippen molar-refractivity contribution in [3.63, 3.8) is 0 Å². The van der Waals surface area contributed by atoms with Crippen molar-refractivity contribution in [2.45, 2.75) is 74.7 Å². The quantitative estimate of drug-likeness (QED) is 0.726. The third kappa shape index (κ3) is 5.17. The number of likely N-dealkylation sites (tertiary alicyclic amines) is 1. The van der Waals surface area contributed by atoms with E-state index in [1.807, 2.05) is 4.90 Å². The minimum Gasteiger partial charge on any atom is -0.389 e. The van der Waals surface area contributed by atoms with Crippen molar-refractivity contribution >= 4 is 15.9 Å². The lowest BCUT2D eigenvalue weighted by Crippen LogP contribution is -2.57. The number of benzene rings is 1. The molecule has 4 rings (SSSR count). The Kier molecular flexibility index (Phi) is 7.51. The number of aliphatic hydroxyl groups excluding tert-OH is 1. The molecule has 3 saturated heterocycles. The molecular weight excluding hydrogens is 432 g/mol. The fourth-order valence-electron chi connectivity index (χ4n) is 5.01. The first-order valence-corrected chi connectivity index (χ1v) is 13.1. The molecule has 0 bridgehead atoms. The van der Waals surface area contributed by atoms with Crippen molar-refractivity contribution in [3.8, 4) is 0 Å². The number of β-amino-alcohol motifs (C(OH)–C–C–N with tert-alkyl or cyclic N) is 1. The molecule has 0 aromatic heterocycles. The van der Waals surface area contributed by atoms with E-state index in [2.05, 4.69) is 0 Å². The number of hydrogen-bond acceptors (Lipinski definition) is 6. The van der Waals surface area contributed by atoms with E-state index in [0.717, 1.165) is 25.9 Å². The van der Waals surface area contributed by atoms with Gasteiger partial charge in [-0.2, -0.15) is 4.31 Å². The Hall–Kier alpha value is -1.52. The summed E-state index contributed by atoms with van der Waals surface area (Å²) in [4.78, 5) is 14.9. The topological polar surface area (TPSA) is 96.4 Å². The number of carbonyl (C=O) groups excluding carboxylic acids is 1. The Balaban J connectivity index is 1.51. The number of nitrogens with zero attached hydrogens (tertiary/aromatic N) is 2. The molecule has 178 valence electrons. The second kappa shape index (κ2) is 10.2. The van der Waals surface area contributed by atoms with Crippen molar-refractivity contribution < 1.29 is 27.8 Å². The van der Waals surface area contributed by atoms with Gasteiger partial charge in [-0.05, 0) is 50.7 Å². The summed E-state index contributed by atoms with van der Waals surface area (Å²) >= 11 is 0. The highest BCUT2D eigenvalue weighted by molar-refractivity contribution is 7.89. The Morgan fingerprint density at radius 2 is 1.88 bits per heavy atom. The number of hydrogen-bond donors (Lipinski definition) is 1. The molecule has 0 radical (unpaired) electrons. The monoisotopic (exact) mass is 466 g/mol. The lowest BCUT2D eigenvalue weighted by Gasteiger charge is -2.44. The van der Waals surface area contributed by atoms with E-state index in [0.29, 0.717) is 24.8 Å². The molecule has 1 aromatic rings. The molecule has 9 heteroatoms. The molecule has 1 N–H and O–H groups in total. The summed E-state index contributed by atoms with van der Waals surface area (Å²) in [6.45, 7) is 3.58. The van der Waals surface area contributed by atoms with E-state index >= 15 is 0 Å². The molecule has 3 aliphatic heterocycles. The zero-order valence-electron chi connectivity index (χ0n) is 18.7. The lowest BCUT2D eigenvalue weighted by molar-refractivity contribution is -0.152. The van der Waals surface area contributed by atoms with Crippen LogP contribution in [0.5, 0.6) is 0 Å². The van der Waals surface area contributed by atoms with E-state index in [1.54, 1.807) is 31.2 Å². The number of fused-ring (bicyclic) bond motifs is 1. The molecule has 8 nitrogen and oxygen atoms in total. The molecular formula is C23H34N2O6S. The molecule has 32 heavy (non-hydrogen) atoms. The minimum atomic E-state index is -3.83. The van der Waals surface area contributed by atoms with Crippen molar-refractivity contribution in [2.75, 3.05) is 32.8 Å². The summed E-state index contributed by atoms with van der Waals surface area (Å²) in [6, 6.07) is 6.44. The van der Waals surface area contributed by atoms with Gasteiger partial charge in [-0.1, -0.05) is 18.2 Å². The fraction of sp³-hybridized carbons (Fsp3) is 0.696. The summed E-state index contributed by atoms with van der Waals surface area (Å²) < 4.78 is 40.5. The smallest absolute Gasteiger partial charge is 0.243 e. The van der Waals surface area contributed by atoms with Gasteiger partial charge in [0, 0.05) is 19.6 Å². The van der Waals surface area contributed by atoms with Gasteiger partial charge in [-0.3, -0.25) is 4.79 Å². The molecule has 4 atom stereocenters. The van der Waals surface area contributed by atoms with Gasteiger partial charge in [0.15, 0.2) is 0 Å². The van der Waals surface area contributed by atoms with Crippen LogP contribution in [0.4, 0.5) is 0 Å². The Bertz CT molecular complexity index is 902. The molecule has 0 aliphatic carbocycles. The summed E-state index contributed by atoms with van der Waals surface area (Å²) in [5, 5.41) is 10.3. The Morgan fingerprint density at radius 1 is 1.12 bits per heavy atom. The second-order valence-electron chi connectivity index (χ2n) is 9.12. The van der Waals surface area contributed by atoms with Crippen molar-refractivity contribution in [2.24, 2.45) is 0 Å². The summed E-state index contributed by atoms with van der Waals surface area (Å²) in [6.07, 6.45) is 3.09. The number of ether oxygens (including phenoxy) is 2. The normalized spacial score (nSPS) is 30.2. The first kappa shape index (κ1) is 23.6. The van der Waals surface area contributed by atoms with Gasteiger partial charge in [0.1, 0.15) is 0 Å². The number of sulfonamides is 1. The van der Waals surface area contributed by atoms with E-state index in [1.165, 1.54) is 10.7 Å². The maximum atomic E-state index is 13.6. The van der Waals surface area contributed by atoms with E-state index < -0.39 is 28.3 Å². The predicted octanol–water partition coefficient (Wildman–Crippen LogP) is 1.70. The number of rotatable bonds is 4. The van der Waals surface area contributed by atoms with E-state index in [-0.39, 0.29) is 36.7 Å². The Labute approximate surface area is 190 Å². The zero-order valence-corrected chi connectivity index (χ0v) is 19.5. The van der Waals surface area contributed by atoms with Crippen LogP contribution in [0.15, 0.2) is 29.2 Å². The molecule has 0 spiro atoms. The van der Waals surface area contributed by atoms with Gasteiger partial charge in [0.05, 0.1) is 48.9 Å². The first-order chi connectivity index (χ1) is 15.4. The highest BCUT2D eigenvalue weighted by atomic mass is 32.2. The van der Waals surface area contributed by atoms with E-state index in [4.69, 9.17) is 9.47 Å². The van der Waals surface area contributed by atoms with Crippen LogP contribution in [0.2, 0.25) is 0 Å². The average Bonchev–Trinajstić information content (AvgIpc) is 2.77. The molecule has 3 fully saturated rings. The van der Waals surface area contributed by atoms with Gasteiger partial charge in [-0.15, -0.1) is 0 Å². The molecule has 1 amide bonds. The number of carbonyl (C=O) groups is 1. The third-order valence-corrected chi connectivity index (χ3v) is 8.78. The SMILES string of the molecule is Cc1ccccc1S(=O)(=O)N1C[C@@H](O)COC[C@@H]2O[C@@H](CC(=O)N3CCCCC3)CC[C@H]21. The Morgan fingerprint density at radius 3 is 2.62 bits per heavy atom. The van der Waals surface area contributed by atoms with Crippen LogP contribution < -0.4 is 0 Å². The third-order valence-electron chi connectivity index (χ3n) is 6.73. The zero-order chi connectivity index (χ0) is 22.7. The summed E-state index contributed by atoms with van der Waals surface area (Å²) in [5.74, 6) is 0.111. The maximum Gasteiger partial charge on any atom is 0.243 e. The van der Waals surface area contributed by atoms with Crippen LogP contribution in [0.3, 0.4) is 0 Å². The van der Waals surface area contributed by atoms with Crippen LogP contribution in [0.1, 0.15) is 44.1 Å². The van der Waals surface area contributed by atoms with Gasteiger partial charge < -0.3 is 19.5 Å². The fourth-order valence-corrected chi connectivity index (χ4v) is 6.95. The van der Waals surface area contributed by atoms with Crippen molar-refractivity contribution in [1.29, 1.82) is 0 Å².